The van der Waals surface area contributed by atoms with Gasteiger partial charge in [0.05, 0.1) is 0 Å². The molecule has 4 heteroatoms. The Labute approximate surface area is 87.2 Å². The molecule has 0 radical (unpaired) electrons. The average Bonchev–Trinajstić information content (AvgIpc) is 2.08. The highest BCUT2D eigenvalue weighted by molar-refractivity contribution is 5.31. The molecule has 1 N–H and O–H groups in total. The average molecular weight is 213 g/mol. The van der Waals surface area contributed by atoms with Crippen LogP contribution in [0.3, 0.4) is 0 Å². The van der Waals surface area contributed by atoms with Crippen molar-refractivity contribution in [3.05, 3.63) is 29.3 Å². The molecule has 82 valence electrons. The molecule has 0 aliphatic carbocycles. The molecule has 15 heavy (non-hydrogen) atoms. The van der Waals surface area contributed by atoms with E-state index < -0.39 is 17.2 Å². The van der Waals surface area contributed by atoms with Crippen LogP contribution in [0.15, 0.2) is 12.1 Å². The van der Waals surface area contributed by atoms with E-state index in [4.69, 9.17) is 4.74 Å². The van der Waals surface area contributed by atoms with E-state index in [2.05, 4.69) is 5.32 Å². The van der Waals surface area contributed by atoms with E-state index in [-0.39, 0.29) is 5.75 Å². The lowest BCUT2D eigenvalue weighted by atomic mass is 10.00. The van der Waals surface area contributed by atoms with Crippen LogP contribution in [-0.4, -0.2) is 18.7 Å². The van der Waals surface area contributed by atoms with E-state index in [9.17, 15) is 8.78 Å². The third-order valence-corrected chi connectivity index (χ3v) is 2.49. The molecule has 0 aromatic heterocycles. The number of nitrogens with one attached hydrogen (secondary N) is 1. The number of rotatable bonds is 2. The molecule has 0 unspecified atom stereocenters. The van der Waals surface area contributed by atoms with E-state index in [1.165, 1.54) is 12.1 Å². The van der Waals surface area contributed by atoms with Crippen LogP contribution in [0.25, 0.3) is 0 Å². The summed E-state index contributed by atoms with van der Waals surface area (Å²) in [7, 11) is 0. The Morgan fingerprint density at radius 2 is 1.80 bits per heavy atom. The predicted octanol–water partition coefficient (Wildman–Crippen LogP) is 2.01. The van der Waals surface area contributed by atoms with Crippen molar-refractivity contribution >= 4 is 0 Å². The maximum absolute atomic E-state index is 13.4. The fourth-order valence-electron chi connectivity index (χ4n) is 1.58. The van der Waals surface area contributed by atoms with Crippen molar-refractivity contribution in [2.24, 2.45) is 0 Å². The zero-order valence-electron chi connectivity index (χ0n) is 8.73. The van der Waals surface area contributed by atoms with Gasteiger partial charge < -0.3 is 10.1 Å². The summed E-state index contributed by atoms with van der Waals surface area (Å²) in [5.41, 5.74) is 0.0611. The van der Waals surface area contributed by atoms with Crippen molar-refractivity contribution in [2.45, 2.75) is 19.4 Å². The van der Waals surface area contributed by atoms with Gasteiger partial charge in [0.2, 0.25) is 0 Å². The maximum Gasteiger partial charge on any atom is 0.191 e. The van der Waals surface area contributed by atoms with Gasteiger partial charge in [-0.05, 0) is 31.5 Å². The summed E-state index contributed by atoms with van der Waals surface area (Å²) in [6.45, 7) is 4.68. The summed E-state index contributed by atoms with van der Waals surface area (Å²) in [6, 6.07) is 2.54. The zero-order valence-corrected chi connectivity index (χ0v) is 8.73. The smallest absolute Gasteiger partial charge is 0.191 e. The quantitative estimate of drug-likeness (QED) is 0.811. The molecule has 1 fully saturated rings. The lowest BCUT2D eigenvalue weighted by Crippen LogP contribution is -2.61. The van der Waals surface area contributed by atoms with Crippen LogP contribution >= 0.6 is 0 Å². The second kappa shape index (κ2) is 3.45. The number of hydrogen-bond acceptors (Lipinski definition) is 2. The summed E-state index contributed by atoms with van der Waals surface area (Å²) in [5.74, 6) is -1.55. The third-order valence-electron chi connectivity index (χ3n) is 2.49. The van der Waals surface area contributed by atoms with Gasteiger partial charge in [-0.15, -0.1) is 0 Å². The van der Waals surface area contributed by atoms with Gasteiger partial charge in [0, 0.05) is 13.1 Å². The van der Waals surface area contributed by atoms with Crippen LogP contribution in [0.5, 0.6) is 5.75 Å². The molecule has 0 spiro atoms. The van der Waals surface area contributed by atoms with Crippen molar-refractivity contribution in [1.82, 2.24) is 5.32 Å². The first-order chi connectivity index (χ1) is 7.00. The Bertz CT molecular complexity index is 365. The minimum Gasteiger partial charge on any atom is -0.479 e. The summed E-state index contributed by atoms with van der Waals surface area (Å²) < 4.78 is 32.2. The second-order valence-corrected chi connectivity index (χ2v) is 4.21. The third kappa shape index (κ3) is 1.95. The predicted molar refractivity (Wildman–Crippen MR) is 53.0 cm³/mol. The van der Waals surface area contributed by atoms with Gasteiger partial charge in [0.25, 0.3) is 0 Å². The molecule has 0 atom stereocenters. The molecule has 2 rings (SSSR count). The lowest BCUT2D eigenvalue weighted by Gasteiger charge is -2.39. The number of aryl methyl sites for hydroxylation is 1. The highest BCUT2D eigenvalue weighted by Crippen LogP contribution is 2.28. The van der Waals surface area contributed by atoms with Gasteiger partial charge in [0.1, 0.15) is 5.60 Å². The highest BCUT2D eigenvalue weighted by atomic mass is 19.1. The molecule has 1 aromatic carbocycles. The molecular formula is C11H13F2NO. The normalized spacial score (nSPS) is 18.4. The van der Waals surface area contributed by atoms with Gasteiger partial charge in [-0.2, -0.15) is 0 Å². The highest BCUT2D eigenvalue weighted by Gasteiger charge is 2.35. The van der Waals surface area contributed by atoms with Crippen molar-refractivity contribution < 1.29 is 13.5 Å². The summed E-state index contributed by atoms with van der Waals surface area (Å²) in [5, 5.41) is 3.00. The monoisotopic (exact) mass is 213 g/mol. The van der Waals surface area contributed by atoms with Gasteiger partial charge in [0.15, 0.2) is 17.4 Å². The molecule has 1 heterocycles. The van der Waals surface area contributed by atoms with E-state index in [0.29, 0.717) is 18.7 Å². The molecule has 0 bridgehead atoms. The molecule has 0 amide bonds. The fourth-order valence-corrected chi connectivity index (χ4v) is 1.58. The number of benzene rings is 1. The molecule has 1 aromatic rings. The Morgan fingerprint density at radius 3 is 2.20 bits per heavy atom. The number of hydrogen-bond donors (Lipinski definition) is 1. The standard InChI is InChI=1S/C11H13F2NO/c1-7-3-8(12)10(9(13)4-7)15-11(2)5-14-6-11/h3-4,14H,5-6H2,1-2H3. The van der Waals surface area contributed by atoms with Crippen molar-refractivity contribution in [3.8, 4) is 5.75 Å². The largest absolute Gasteiger partial charge is 0.479 e. The van der Waals surface area contributed by atoms with Crippen molar-refractivity contribution in [2.75, 3.05) is 13.1 Å². The SMILES string of the molecule is Cc1cc(F)c(OC2(C)CNC2)c(F)c1. The van der Waals surface area contributed by atoms with E-state index in [1.54, 1.807) is 6.92 Å². The first-order valence-corrected chi connectivity index (χ1v) is 4.86. The minimum absolute atomic E-state index is 0.274. The minimum atomic E-state index is -0.638. The van der Waals surface area contributed by atoms with Crippen molar-refractivity contribution in [3.63, 3.8) is 0 Å². The molecule has 1 saturated heterocycles. The van der Waals surface area contributed by atoms with Crippen LogP contribution in [0.2, 0.25) is 0 Å². The lowest BCUT2D eigenvalue weighted by molar-refractivity contribution is 0.0272. The van der Waals surface area contributed by atoms with Gasteiger partial charge in [-0.3, -0.25) is 0 Å². The van der Waals surface area contributed by atoms with Crippen LogP contribution in [-0.2, 0) is 0 Å². The number of halogens is 2. The van der Waals surface area contributed by atoms with Crippen LogP contribution < -0.4 is 10.1 Å². The molecule has 1 aliphatic heterocycles. The summed E-state index contributed by atoms with van der Waals surface area (Å²) in [4.78, 5) is 0. The van der Waals surface area contributed by atoms with Gasteiger partial charge in [-0.25, -0.2) is 8.78 Å². The van der Waals surface area contributed by atoms with Gasteiger partial charge in [-0.1, -0.05) is 0 Å². The van der Waals surface area contributed by atoms with Crippen LogP contribution in [0, 0.1) is 18.6 Å². The summed E-state index contributed by atoms with van der Waals surface area (Å²) in [6.07, 6.45) is 0. The molecular weight excluding hydrogens is 200 g/mol. The number of ether oxygens (including phenoxy) is 1. The maximum atomic E-state index is 13.4. The van der Waals surface area contributed by atoms with Gasteiger partial charge >= 0.3 is 0 Å². The van der Waals surface area contributed by atoms with Crippen LogP contribution in [0.4, 0.5) is 8.78 Å². The Kier molecular flexibility index (Phi) is 2.38. The zero-order chi connectivity index (χ0) is 11.1. The fraction of sp³-hybridized carbons (Fsp3) is 0.455. The first kappa shape index (κ1) is 10.4. The Morgan fingerprint density at radius 1 is 1.27 bits per heavy atom. The van der Waals surface area contributed by atoms with E-state index in [0.717, 1.165) is 0 Å². The van der Waals surface area contributed by atoms with E-state index >= 15 is 0 Å². The molecule has 2 nitrogen and oxygen atoms in total. The second-order valence-electron chi connectivity index (χ2n) is 4.21. The summed E-state index contributed by atoms with van der Waals surface area (Å²) >= 11 is 0. The van der Waals surface area contributed by atoms with Crippen molar-refractivity contribution in [1.29, 1.82) is 0 Å². The Balaban J connectivity index is 2.28. The first-order valence-electron chi connectivity index (χ1n) is 4.86. The van der Waals surface area contributed by atoms with E-state index in [1.807, 2.05) is 6.92 Å². The molecule has 0 saturated carbocycles. The Hall–Kier alpha value is -1.16. The van der Waals surface area contributed by atoms with Crippen LogP contribution in [0.1, 0.15) is 12.5 Å². The topological polar surface area (TPSA) is 21.3 Å². The molecule has 1 aliphatic rings.